The van der Waals surface area contributed by atoms with Gasteiger partial charge in [0.05, 0.1) is 13.2 Å². The molecule has 0 aliphatic carbocycles. The number of ether oxygens (including phenoxy) is 2. The van der Waals surface area contributed by atoms with Crippen molar-refractivity contribution in [1.82, 2.24) is 0 Å². The van der Waals surface area contributed by atoms with E-state index < -0.39 is 6.10 Å². The Morgan fingerprint density at radius 2 is 1.57 bits per heavy atom. The minimum atomic E-state index is -0.718. The molecule has 1 atom stereocenters. The lowest BCUT2D eigenvalue weighted by atomic mass is 10.0. The van der Waals surface area contributed by atoms with Crippen molar-refractivity contribution in [3.05, 3.63) is 56.5 Å². The number of aliphatic hydroxyl groups is 1. The Bertz CT molecular complexity index is 641. The summed E-state index contributed by atoms with van der Waals surface area (Å²) in [6.07, 6.45) is 0.140. The van der Waals surface area contributed by atoms with E-state index in [1.807, 2.05) is 36.4 Å². The highest BCUT2D eigenvalue weighted by atomic mass is 79.9. The topological polar surface area (TPSA) is 38.7 Å². The van der Waals surface area contributed by atoms with E-state index in [4.69, 9.17) is 9.47 Å². The van der Waals surface area contributed by atoms with Gasteiger partial charge in [-0.1, -0.05) is 44.0 Å². The van der Waals surface area contributed by atoms with Crippen LogP contribution in [-0.4, -0.2) is 18.3 Å². The molecule has 2 aromatic rings. The number of aliphatic hydroxyl groups excluding tert-OH is 1. The van der Waals surface area contributed by atoms with Gasteiger partial charge in [-0.25, -0.2) is 0 Å². The third kappa shape index (κ3) is 3.25. The summed E-state index contributed by atoms with van der Waals surface area (Å²) in [4.78, 5) is 0. The number of benzene rings is 2. The van der Waals surface area contributed by atoms with Gasteiger partial charge in [0.25, 0.3) is 0 Å². The molecule has 21 heavy (non-hydrogen) atoms. The summed E-state index contributed by atoms with van der Waals surface area (Å²) < 4.78 is 13.1. The van der Waals surface area contributed by atoms with Crippen molar-refractivity contribution < 1.29 is 14.6 Å². The summed E-state index contributed by atoms with van der Waals surface area (Å²) in [7, 11) is 0. The molecular formula is C16H14Br2O3. The molecule has 1 heterocycles. The second-order valence-corrected chi connectivity index (χ2v) is 6.60. The summed E-state index contributed by atoms with van der Waals surface area (Å²) in [6, 6.07) is 11.3. The first-order chi connectivity index (χ1) is 10.1. The first kappa shape index (κ1) is 14.9. The number of fused-ring (bicyclic) bond motifs is 1. The maximum atomic E-state index is 10.6. The fourth-order valence-corrected chi connectivity index (χ4v) is 3.04. The Kier molecular flexibility index (Phi) is 4.52. The average molecular weight is 414 g/mol. The van der Waals surface area contributed by atoms with E-state index >= 15 is 0 Å². The van der Waals surface area contributed by atoms with Crippen LogP contribution in [0.25, 0.3) is 0 Å². The molecule has 1 N–H and O–H groups in total. The molecule has 2 aromatic carbocycles. The monoisotopic (exact) mass is 412 g/mol. The fourth-order valence-electron chi connectivity index (χ4n) is 2.23. The summed E-state index contributed by atoms with van der Waals surface area (Å²) in [6.45, 7) is 1.27. The second kappa shape index (κ2) is 6.38. The molecule has 0 amide bonds. The van der Waals surface area contributed by atoms with Crippen molar-refractivity contribution in [2.75, 3.05) is 13.2 Å². The van der Waals surface area contributed by atoms with Crippen molar-refractivity contribution in [1.29, 1.82) is 0 Å². The first-order valence-corrected chi connectivity index (χ1v) is 8.26. The Balaban J connectivity index is 1.97. The van der Waals surface area contributed by atoms with E-state index in [9.17, 15) is 5.11 Å². The molecule has 3 rings (SSSR count). The molecule has 1 unspecified atom stereocenters. The lowest BCUT2D eigenvalue weighted by Crippen LogP contribution is -2.02. The smallest absolute Gasteiger partial charge is 0.162 e. The fraction of sp³-hybridized carbons (Fsp3) is 0.250. The zero-order chi connectivity index (χ0) is 14.8. The van der Waals surface area contributed by atoms with Crippen LogP contribution in [-0.2, 0) is 0 Å². The highest BCUT2D eigenvalue weighted by molar-refractivity contribution is 9.10. The van der Waals surface area contributed by atoms with Crippen LogP contribution in [0.4, 0.5) is 0 Å². The van der Waals surface area contributed by atoms with Gasteiger partial charge in [-0.15, -0.1) is 0 Å². The van der Waals surface area contributed by atoms with Crippen LogP contribution >= 0.6 is 31.9 Å². The molecule has 3 nitrogen and oxygen atoms in total. The van der Waals surface area contributed by atoms with Gasteiger partial charge in [0, 0.05) is 20.9 Å². The Morgan fingerprint density at radius 1 is 0.952 bits per heavy atom. The first-order valence-electron chi connectivity index (χ1n) is 6.68. The van der Waals surface area contributed by atoms with Crippen LogP contribution in [0, 0.1) is 0 Å². The van der Waals surface area contributed by atoms with Crippen molar-refractivity contribution in [2.45, 2.75) is 12.5 Å². The van der Waals surface area contributed by atoms with Gasteiger partial charge in [-0.2, -0.15) is 0 Å². The van der Waals surface area contributed by atoms with E-state index in [1.54, 1.807) is 0 Å². The Hall–Kier alpha value is -1.04. The zero-order valence-electron chi connectivity index (χ0n) is 11.2. The van der Waals surface area contributed by atoms with Crippen LogP contribution in [0.1, 0.15) is 23.7 Å². The van der Waals surface area contributed by atoms with Gasteiger partial charge in [-0.05, 0) is 29.8 Å². The summed E-state index contributed by atoms with van der Waals surface area (Å²) in [5.74, 6) is 1.40. The Morgan fingerprint density at radius 3 is 2.24 bits per heavy atom. The van der Waals surface area contributed by atoms with E-state index in [-0.39, 0.29) is 0 Å². The van der Waals surface area contributed by atoms with Crippen molar-refractivity contribution in [3.8, 4) is 11.5 Å². The SMILES string of the molecule is OC(c1ccc(Br)cc1)c1cc2c(cc1Br)OCCCO2. The maximum absolute atomic E-state index is 10.6. The summed E-state index contributed by atoms with van der Waals surface area (Å²) in [5, 5.41) is 10.6. The van der Waals surface area contributed by atoms with Crippen molar-refractivity contribution >= 4 is 31.9 Å². The zero-order valence-corrected chi connectivity index (χ0v) is 14.4. The third-order valence-electron chi connectivity index (χ3n) is 3.35. The largest absolute Gasteiger partial charge is 0.490 e. The standard InChI is InChI=1S/C16H14Br2O3/c17-11-4-2-10(3-5-11)16(19)12-8-14-15(9-13(12)18)21-7-1-6-20-14/h2-5,8-9,16,19H,1,6-7H2. The highest BCUT2D eigenvalue weighted by Gasteiger charge is 2.19. The van der Waals surface area contributed by atoms with Gasteiger partial charge < -0.3 is 14.6 Å². The second-order valence-electron chi connectivity index (χ2n) is 4.83. The lowest BCUT2D eigenvalue weighted by Gasteiger charge is -2.16. The number of hydrogen-bond donors (Lipinski definition) is 1. The van der Waals surface area contributed by atoms with Gasteiger partial charge in [0.1, 0.15) is 6.10 Å². The summed E-state index contributed by atoms with van der Waals surface area (Å²) >= 11 is 6.90. The molecular weight excluding hydrogens is 400 g/mol. The molecule has 0 radical (unpaired) electrons. The molecule has 1 aliphatic heterocycles. The Labute approximate surface area is 140 Å². The van der Waals surface area contributed by atoms with Crippen molar-refractivity contribution in [3.63, 3.8) is 0 Å². The van der Waals surface area contributed by atoms with E-state index in [2.05, 4.69) is 31.9 Å². The molecule has 0 spiro atoms. The van der Waals surface area contributed by atoms with Crippen LogP contribution in [0.3, 0.4) is 0 Å². The number of halogens is 2. The third-order valence-corrected chi connectivity index (χ3v) is 4.56. The molecule has 0 aromatic heterocycles. The van der Waals surface area contributed by atoms with Gasteiger partial charge in [-0.3, -0.25) is 0 Å². The molecule has 0 bridgehead atoms. The number of rotatable bonds is 2. The maximum Gasteiger partial charge on any atom is 0.162 e. The van der Waals surface area contributed by atoms with E-state index in [0.717, 1.165) is 26.5 Å². The molecule has 110 valence electrons. The number of hydrogen-bond acceptors (Lipinski definition) is 3. The normalized spacial score (nSPS) is 15.4. The van der Waals surface area contributed by atoms with E-state index in [1.165, 1.54) is 0 Å². The van der Waals surface area contributed by atoms with E-state index in [0.29, 0.717) is 24.7 Å². The quantitative estimate of drug-likeness (QED) is 0.790. The minimum absolute atomic E-state index is 0.627. The molecule has 1 aliphatic rings. The van der Waals surface area contributed by atoms with Crippen molar-refractivity contribution in [2.24, 2.45) is 0 Å². The van der Waals surface area contributed by atoms with Gasteiger partial charge >= 0.3 is 0 Å². The predicted molar refractivity (Wildman–Crippen MR) is 88.0 cm³/mol. The highest BCUT2D eigenvalue weighted by Crippen LogP contribution is 2.39. The predicted octanol–water partition coefficient (Wildman–Crippen LogP) is 4.45. The van der Waals surface area contributed by atoms with Crippen LogP contribution < -0.4 is 9.47 Å². The van der Waals surface area contributed by atoms with Gasteiger partial charge in [0.2, 0.25) is 0 Å². The van der Waals surface area contributed by atoms with Gasteiger partial charge in [0.15, 0.2) is 11.5 Å². The molecule has 0 saturated carbocycles. The molecule has 0 saturated heterocycles. The molecule has 5 heteroatoms. The minimum Gasteiger partial charge on any atom is -0.490 e. The van der Waals surface area contributed by atoms with Crippen LogP contribution in [0.2, 0.25) is 0 Å². The van der Waals surface area contributed by atoms with Crippen LogP contribution in [0.15, 0.2) is 45.3 Å². The lowest BCUT2D eigenvalue weighted by molar-refractivity contribution is 0.218. The molecule has 0 fully saturated rings. The van der Waals surface area contributed by atoms with Crippen LogP contribution in [0.5, 0.6) is 11.5 Å². The summed E-state index contributed by atoms with van der Waals surface area (Å²) in [5.41, 5.74) is 1.59. The average Bonchev–Trinajstić information content (AvgIpc) is 2.71.